The van der Waals surface area contributed by atoms with Gasteiger partial charge in [0.05, 0.1) is 5.25 Å². The Hall–Kier alpha value is -1.66. The van der Waals surface area contributed by atoms with Crippen LogP contribution >= 0.6 is 0 Å². The molecule has 0 aliphatic carbocycles. The minimum absolute atomic E-state index is 0.398. The Morgan fingerprint density at radius 2 is 1.95 bits per heavy atom. The molecule has 1 aromatic carbocycles. The van der Waals surface area contributed by atoms with Gasteiger partial charge in [-0.3, -0.25) is 0 Å². The smallest absolute Gasteiger partial charge is 0.213 e. The zero-order chi connectivity index (χ0) is 15.3. The van der Waals surface area contributed by atoms with E-state index in [1.54, 1.807) is 20.0 Å². The largest absolute Gasteiger partial charge is 0.331 e. The summed E-state index contributed by atoms with van der Waals surface area (Å²) in [7, 11) is -3.18. The van der Waals surface area contributed by atoms with Crippen molar-refractivity contribution in [3.63, 3.8) is 0 Å². The molecule has 0 spiro atoms. The summed E-state index contributed by atoms with van der Waals surface area (Å²) >= 11 is 0. The Bertz CT molecular complexity index is 663. The summed E-state index contributed by atoms with van der Waals surface area (Å²) in [5.41, 5.74) is 1.06. The van der Waals surface area contributed by atoms with Crippen molar-refractivity contribution >= 4 is 10.0 Å². The van der Waals surface area contributed by atoms with Gasteiger partial charge in [-0.15, -0.1) is 0 Å². The van der Waals surface area contributed by atoms with Crippen LogP contribution in [0.3, 0.4) is 0 Å². The van der Waals surface area contributed by atoms with E-state index in [-0.39, 0.29) is 0 Å². The first kappa shape index (κ1) is 15.7. The van der Waals surface area contributed by atoms with E-state index in [9.17, 15) is 8.42 Å². The summed E-state index contributed by atoms with van der Waals surface area (Å²) in [6, 6.07) is 9.95. The fourth-order valence-corrected chi connectivity index (χ4v) is 2.73. The number of aryl methyl sites for hydroxylation is 1. The summed E-state index contributed by atoms with van der Waals surface area (Å²) in [5.74, 6) is 0.905. The van der Waals surface area contributed by atoms with Crippen LogP contribution in [-0.2, 0) is 16.6 Å². The van der Waals surface area contributed by atoms with Gasteiger partial charge in [-0.2, -0.15) is 0 Å². The molecule has 0 unspecified atom stereocenters. The van der Waals surface area contributed by atoms with Crippen LogP contribution in [0.15, 0.2) is 42.7 Å². The highest BCUT2D eigenvalue weighted by Gasteiger charge is 2.14. The van der Waals surface area contributed by atoms with Crippen molar-refractivity contribution < 1.29 is 8.42 Å². The number of rotatable bonds is 7. The average Bonchev–Trinajstić information content (AvgIpc) is 2.93. The first-order valence-corrected chi connectivity index (χ1v) is 8.60. The first-order valence-electron chi connectivity index (χ1n) is 7.06. The molecule has 0 aliphatic heterocycles. The first-order chi connectivity index (χ1) is 10.0. The van der Waals surface area contributed by atoms with E-state index in [1.807, 2.05) is 41.1 Å². The van der Waals surface area contributed by atoms with Crippen LogP contribution in [-0.4, -0.2) is 29.8 Å². The highest BCUT2D eigenvalue weighted by Crippen LogP contribution is 2.16. The van der Waals surface area contributed by atoms with Gasteiger partial charge in [0.15, 0.2) is 0 Å². The van der Waals surface area contributed by atoms with Gasteiger partial charge in [0, 0.05) is 31.0 Å². The summed E-state index contributed by atoms with van der Waals surface area (Å²) in [6.45, 7) is 4.51. The summed E-state index contributed by atoms with van der Waals surface area (Å²) < 4.78 is 28.0. The molecule has 0 bridgehead atoms. The number of hydrogen-bond acceptors (Lipinski definition) is 3. The number of aromatic nitrogens is 2. The molecule has 0 amide bonds. The van der Waals surface area contributed by atoms with Crippen molar-refractivity contribution in [1.82, 2.24) is 14.3 Å². The van der Waals surface area contributed by atoms with Crippen molar-refractivity contribution in [1.29, 1.82) is 0 Å². The molecule has 0 saturated heterocycles. The Labute approximate surface area is 126 Å². The maximum absolute atomic E-state index is 11.6. The lowest BCUT2D eigenvalue weighted by Crippen LogP contribution is -2.31. The molecule has 0 saturated carbocycles. The second kappa shape index (κ2) is 6.87. The van der Waals surface area contributed by atoms with Gasteiger partial charge in [0.1, 0.15) is 5.82 Å². The van der Waals surface area contributed by atoms with Crippen molar-refractivity contribution in [2.45, 2.75) is 32.1 Å². The monoisotopic (exact) mass is 307 g/mol. The minimum Gasteiger partial charge on any atom is -0.331 e. The van der Waals surface area contributed by atoms with Crippen LogP contribution in [0.1, 0.15) is 20.3 Å². The molecule has 0 radical (unpaired) electrons. The highest BCUT2D eigenvalue weighted by molar-refractivity contribution is 7.90. The molecule has 5 nitrogen and oxygen atoms in total. The second-order valence-electron chi connectivity index (χ2n) is 5.15. The van der Waals surface area contributed by atoms with Gasteiger partial charge in [-0.1, -0.05) is 30.3 Å². The SMILES string of the molecule is CC(C)S(=O)(=O)NCCCn1ccnc1-c1ccccc1. The minimum atomic E-state index is -3.18. The quantitative estimate of drug-likeness (QED) is 0.798. The van der Waals surface area contributed by atoms with E-state index in [2.05, 4.69) is 9.71 Å². The third-order valence-corrected chi connectivity index (χ3v) is 5.09. The van der Waals surface area contributed by atoms with Crippen LogP contribution in [0, 0.1) is 0 Å². The van der Waals surface area contributed by atoms with E-state index in [1.165, 1.54) is 0 Å². The third-order valence-electron chi connectivity index (χ3n) is 3.25. The van der Waals surface area contributed by atoms with Crippen molar-refractivity contribution in [2.24, 2.45) is 0 Å². The number of nitrogens with zero attached hydrogens (tertiary/aromatic N) is 2. The van der Waals surface area contributed by atoms with Crippen molar-refractivity contribution in [2.75, 3.05) is 6.54 Å². The maximum atomic E-state index is 11.6. The standard InChI is InChI=1S/C15H21N3O2S/c1-13(2)21(19,20)17-9-6-11-18-12-10-16-15(18)14-7-4-3-5-8-14/h3-5,7-8,10,12-13,17H,6,9,11H2,1-2H3. The maximum Gasteiger partial charge on any atom is 0.213 e. The lowest BCUT2D eigenvalue weighted by Gasteiger charge is -2.11. The predicted octanol–water partition coefficient (Wildman–Crippen LogP) is 2.27. The molecule has 21 heavy (non-hydrogen) atoms. The highest BCUT2D eigenvalue weighted by atomic mass is 32.2. The third kappa shape index (κ3) is 4.15. The topological polar surface area (TPSA) is 64.0 Å². The fraction of sp³-hybridized carbons (Fsp3) is 0.400. The Morgan fingerprint density at radius 1 is 1.24 bits per heavy atom. The number of nitrogens with one attached hydrogen (secondary N) is 1. The lowest BCUT2D eigenvalue weighted by molar-refractivity contribution is 0.562. The van der Waals surface area contributed by atoms with Crippen molar-refractivity contribution in [3.05, 3.63) is 42.7 Å². The van der Waals surface area contributed by atoms with Gasteiger partial charge < -0.3 is 4.57 Å². The molecule has 114 valence electrons. The lowest BCUT2D eigenvalue weighted by atomic mass is 10.2. The van der Waals surface area contributed by atoms with E-state index in [0.717, 1.165) is 24.4 Å². The summed E-state index contributed by atoms with van der Waals surface area (Å²) in [4.78, 5) is 4.37. The van der Waals surface area contributed by atoms with Crippen LogP contribution in [0.5, 0.6) is 0 Å². The van der Waals surface area contributed by atoms with Gasteiger partial charge in [-0.05, 0) is 20.3 Å². The van der Waals surface area contributed by atoms with Crippen LogP contribution in [0.25, 0.3) is 11.4 Å². The van der Waals surface area contributed by atoms with E-state index < -0.39 is 15.3 Å². The van der Waals surface area contributed by atoms with E-state index >= 15 is 0 Å². The molecule has 0 atom stereocenters. The molecule has 0 fully saturated rings. The van der Waals surface area contributed by atoms with Crippen molar-refractivity contribution in [3.8, 4) is 11.4 Å². The molecule has 0 aliphatic rings. The molecule has 2 aromatic rings. The second-order valence-corrected chi connectivity index (χ2v) is 7.47. The number of hydrogen-bond donors (Lipinski definition) is 1. The average molecular weight is 307 g/mol. The summed E-state index contributed by atoms with van der Waals surface area (Å²) in [5, 5.41) is -0.398. The van der Waals surface area contributed by atoms with Gasteiger partial charge in [0.25, 0.3) is 0 Å². The number of benzene rings is 1. The fourth-order valence-electron chi connectivity index (χ4n) is 1.97. The molecule has 6 heteroatoms. The van der Waals surface area contributed by atoms with Gasteiger partial charge in [-0.25, -0.2) is 18.1 Å². The van der Waals surface area contributed by atoms with Crippen LogP contribution < -0.4 is 4.72 Å². The van der Waals surface area contributed by atoms with E-state index in [4.69, 9.17) is 0 Å². The van der Waals surface area contributed by atoms with E-state index in [0.29, 0.717) is 6.54 Å². The predicted molar refractivity (Wildman–Crippen MR) is 84.3 cm³/mol. The molecule has 1 aromatic heterocycles. The number of sulfonamides is 1. The van der Waals surface area contributed by atoms with Gasteiger partial charge in [0.2, 0.25) is 10.0 Å². The molecule has 2 rings (SSSR count). The number of imidazole rings is 1. The zero-order valence-electron chi connectivity index (χ0n) is 12.4. The Kier molecular flexibility index (Phi) is 5.14. The molecular formula is C15H21N3O2S. The Balaban J connectivity index is 1.93. The molecular weight excluding hydrogens is 286 g/mol. The molecule has 1 N–H and O–H groups in total. The van der Waals surface area contributed by atoms with Crippen LogP contribution in [0.4, 0.5) is 0 Å². The van der Waals surface area contributed by atoms with Gasteiger partial charge >= 0.3 is 0 Å². The normalized spacial score (nSPS) is 12.0. The Morgan fingerprint density at radius 3 is 2.62 bits per heavy atom. The van der Waals surface area contributed by atoms with Crippen LogP contribution in [0.2, 0.25) is 0 Å². The summed E-state index contributed by atoms with van der Waals surface area (Å²) in [6.07, 6.45) is 4.40. The zero-order valence-corrected chi connectivity index (χ0v) is 13.2. The molecule has 1 heterocycles.